The molecule has 5 heteroatoms. The Labute approximate surface area is 97.1 Å². The van der Waals surface area contributed by atoms with Crippen LogP contribution in [0, 0.1) is 0 Å². The van der Waals surface area contributed by atoms with Gasteiger partial charge in [-0.3, -0.25) is 4.79 Å². The molecule has 1 aromatic rings. The van der Waals surface area contributed by atoms with Gasteiger partial charge in [0, 0.05) is 24.1 Å². The standard InChI is InChI=1S/C11H15O4P/c1-13-7-4-9(14-2)8(6-11(12)16)10(5-7)15-3/h4-5H,6,16H2,1-3H3. The Morgan fingerprint density at radius 2 is 1.62 bits per heavy atom. The predicted molar refractivity (Wildman–Crippen MR) is 64.5 cm³/mol. The Kier molecular flexibility index (Phi) is 4.56. The van der Waals surface area contributed by atoms with Crippen LogP contribution < -0.4 is 14.2 Å². The molecule has 1 unspecified atom stereocenters. The highest BCUT2D eigenvalue weighted by Gasteiger charge is 2.14. The van der Waals surface area contributed by atoms with Gasteiger partial charge >= 0.3 is 0 Å². The minimum atomic E-state index is -0.0261. The first-order chi connectivity index (χ1) is 7.62. The van der Waals surface area contributed by atoms with Crippen molar-refractivity contribution in [2.75, 3.05) is 21.3 Å². The minimum absolute atomic E-state index is 0.0261. The van der Waals surface area contributed by atoms with Gasteiger partial charge in [-0.1, -0.05) is 9.24 Å². The lowest BCUT2D eigenvalue weighted by atomic mass is 10.1. The zero-order valence-electron chi connectivity index (χ0n) is 9.57. The maximum absolute atomic E-state index is 11.1. The fourth-order valence-electron chi connectivity index (χ4n) is 1.43. The highest BCUT2D eigenvalue weighted by atomic mass is 31.0. The van der Waals surface area contributed by atoms with Gasteiger partial charge < -0.3 is 14.2 Å². The van der Waals surface area contributed by atoms with Gasteiger partial charge in [-0.05, 0) is 0 Å². The Bertz CT molecular complexity index is 365. The van der Waals surface area contributed by atoms with Crippen LogP contribution in [0.15, 0.2) is 12.1 Å². The number of ether oxygens (including phenoxy) is 3. The van der Waals surface area contributed by atoms with E-state index in [1.165, 1.54) is 0 Å². The van der Waals surface area contributed by atoms with Crippen LogP contribution >= 0.6 is 9.24 Å². The van der Waals surface area contributed by atoms with E-state index in [-0.39, 0.29) is 11.9 Å². The predicted octanol–water partition coefficient (Wildman–Crippen LogP) is 1.66. The maximum atomic E-state index is 11.1. The first kappa shape index (κ1) is 12.8. The molecule has 0 fully saturated rings. The van der Waals surface area contributed by atoms with Crippen LogP contribution in [-0.4, -0.2) is 26.9 Å². The zero-order chi connectivity index (χ0) is 12.1. The van der Waals surface area contributed by atoms with E-state index < -0.39 is 0 Å². The van der Waals surface area contributed by atoms with E-state index >= 15 is 0 Å². The number of methoxy groups -OCH3 is 3. The lowest BCUT2D eigenvalue weighted by molar-refractivity contribution is -0.110. The van der Waals surface area contributed by atoms with Gasteiger partial charge in [-0.2, -0.15) is 0 Å². The van der Waals surface area contributed by atoms with Crippen molar-refractivity contribution in [2.24, 2.45) is 0 Å². The summed E-state index contributed by atoms with van der Waals surface area (Å²) >= 11 is 0. The average Bonchev–Trinajstić information content (AvgIpc) is 2.28. The molecule has 0 amide bonds. The molecule has 0 heterocycles. The zero-order valence-corrected chi connectivity index (χ0v) is 10.7. The van der Waals surface area contributed by atoms with E-state index in [0.717, 1.165) is 5.56 Å². The van der Waals surface area contributed by atoms with Gasteiger partial charge in [0.25, 0.3) is 0 Å². The number of hydrogen-bond acceptors (Lipinski definition) is 4. The molecule has 16 heavy (non-hydrogen) atoms. The van der Waals surface area contributed by atoms with Crippen LogP contribution in [0.2, 0.25) is 0 Å². The van der Waals surface area contributed by atoms with Gasteiger partial charge in [-0.25, -0.2) is 0 Å². The van der Waals surface area contributed by atoms with Gasteiger partial charge in [0.1, 0.15) is 17.2 Å². The Morgan fingerprint density at radius 3 is 1.94 bits per heavy atom. The quantitative estimate of drug-likeness (QED) is 0.736. The second-order valence-corrected chi connectivity index (χ2v) is 3.80. The largest absolute Gasteiger partial charge is 0.496 e. The summed E-state index contributed by atoms with van der Waals surface area (Å²) in [7, 11) is 6.79. The van der Waals surface area contributed by atoms with Crippen molar-refractivity contribution >= 4 is 14.8 Å². The normalized spacial score (nSPS) is 9.75. The van der Waals surface area contributed by atoms with Gasteiger partial charge in [0.05, 0.1) is 21.3 Å². The summed E-state index contributed by atoms with van der Waals surface area (Å²) in [5, 5.41) is 0. The molecule has 1 aromatic carbocycles. The van der Waals surface area contributed by atoms with Gasteiger partial charge in [-0.15, -0.1) is 0 Å². The highest BCUT2D eigenvalue weighted by molar-refractivity contribution is 7.40. The molecule has 0 aromatic heterocycles. The molecule has 1 atom stereocenters. The van der Waals surface area contributed by atoms with E-state index in [4.69, 9.17) is 14.2 Å². The summed E-state index contributed by atoms with van der Waals surface area (Å²) in [6.45, 7) is 0. The molecule has 0 aliphatic carbocycles. The Morgan fingerprint density at radius 1 is 1.12 bits per heavy atom. The number of rotatable bonds is 5. The summed E-state index contributed by atoms with van der Waals surface area (Å²) < 4.78 is 15.5. The van der Waals surface area contributed by atoms with Crippen LogP contribution in [0.1, 0.15) is 5.56 Å². The van der Waals surface area contributed by atoms with E-state index in [0.29, 0.717) is 17.2 Å². The first-order valence-corrected chi connectivity index (χ1v) is 5.27. The number of hydrogen-bond donors (Lipinski definition) is 0. The van der Waals surface area contributed by atoms with E-state index in [9.17, 15) is 4.79 Å². The third-order valence-electron chi connectivity index (χ3n) is 2.17. The number of carbonyl (C=O) groups is 1. The van der Waals surface area contributed by atoms with Crippen LogP contribution in [0.5, 0.6) is 17.2 Å². The lowest BCUT2D eigenvalue weighted by Gasteiger charge is -2.13. The topological polar surface area (TPSA) is 44.8 Å². The molecule has 0 saturated heterocycles. The molecule has 0 aliphatic heterocycles. The fraction of sp³-hybridized carbons (Fsp3) is 0.364. The molecule has 88 valence electrons. The van der Waals surface area contributed by atoms with Crippen molar-refractivity contribution in [1.29, 1.82) is 0 Å². The van der Waals surface area contributed by atoms with Crippen LogP contribution in [0.4, 0.5) is 0 Å². The van der Waals surface area contributed by atoms with Crippen LogP contribution in [0.25, 0.3) is 0 Å². The monoisotopic (exact) mass is 242 g/mol. The van der Waals surface area contributed by atoms with Crippen molar-refractivity contribution in [3.63, 3.8) is 0 Å². The summed E-state index contributed by atoms with van der Waals surface area (Å²) in [5.74, 6) is 1.81. The molecule has 0 aliphatic rings. The van der Waals surface area contributed by atoms with Gasteiger partial charge in [0.2, 0.25) is 0 Å². The summed E-state index contributed by atoms with van der Waals surface area (Å²) in [6.07, 6.45) is 0.251. The molecule has 0 radical (unpaired) electrons. The molecular formula is C11H15O4P. The summed E-state index contributed by atoms with van der Waals surface area (Å²) in [6, 6.07) is 3.46. The summed E-state index contributed by atoms with van der Waals surface area (Å²) in [4.78, 5) is 11.1. The third-order valence-corrected chi connectivity index (χ3v) is 2.37. The van der Waals surface area contributed by atoms with Crippen molar-refractivity contribution < 1.29 is 19.0 Å². The molecular weight excluding hydrogens is 227 g/mol. The van der Waals surface area contributed by atoms with E-state index in [2.05, 4.69) is 9.24 Å². The van der Waals surface area contributed by atoms with Gasteiger partial charge in [0.15, 0.2) is 5.52 Å². The number of benzene rings is 1. The smallest absolute Gasteiger partial charge is 0.152 e. The highest BCUT2D eigenvalue weighted by Crippen LogP contribution is 2.34. The van der Waals surface area contributed by atoms with E-state index in [1.54, 1.807) is 33.5 Å². The average molecular weight is 242 g/mol. The van der Waals surface area contributed by atoms with Crippen molar-refractivity contribution in [2.45, 2.75) is 6.42 Å². The fourth-order valence-corrected chi connectivity index (χ4v) is 1.63. The lowest BCUT2D eigenvalue weighted by Crippen LogP contribution is -2.01. The second kappa shape index (κ2) is 5.71. The molecule has 1 rings (SSSR count). The third kappa shape index (κ3) is 2.86. The van der Waals surface area contributed by atoms with Crippen molar-refractivity contribution in [3.8, 4) is 17.2 Å². The molecule has 0 spiro atoms. The SMILES string of the molecule is COc1cc(OC)c(CC(=O)P)c(OC)c1. The van der Waals surface area contributed by atoms with Crippen molar-refractivity contribution in [3.05, 3.63) is 17.7 Å². The number of carbonyl (C=O) groups excluding carboxylic acids is 1. The second-order valence-electron chi connectivity index (χ2n) is 3.15. The van der Waals surface area contributed by atoms with E-state index in [1.807, 2.05) is 0 Å². The van der Waals surface area contributed by atoms with Crippen LogP contribution in [-0.2, 0) is 11.2 Å². The van der Waals surface area contributed by atoms with Crippen LogP contribution in [0.3, 0.4) is 0 Å². The molecule has 0 N–H and O–H groups in total. The Balaban J connectivity index is 3.25. The molecule has 4 nitrogen and oxygen atoms in total. The van der Waals surface area contributed by atoms with Crippen molar-refractivity contribution in [1.82, 2.24) is 0 Å². The summed E-state index contributed by atoms with van der Waals surface area (Å²) in [5.41, 5.74) is 0.701. The minimum Gasteiger partial charge on any atom is -0.496 e. The Hall–Kier alpha value is -1.28. The maximum Gasteiger partial charge on any atom is 0.152 e. The molecule has 0 bridgehead atoms. The molecule has 0 saturated carbocycles. The first-order valence-electron chi connectivity index (χ1n) is 4.69.